The summed E-state index contributed by atoms with van der Waals surface area (Å²) in [5.74, 6) is 0. The van der Waals surface area contributed by atoms with Crippen molar-refractivity contribution >= 4 is 27.0 Å². The minimum atomic E-state index is -0.394. The summed E-state index contributed by atoms with van der Waals surface area (Å²) >= 11 is 3.50. The van der Waals surface area contributed by atoms with Crippen LogP contribution in [-0.4, -0.2) is 34.0 Å². The smallest absolute Gasteiger partial charge is 0.154 e. The van der Waals surface area contributed by atoms with Crippen molar-refractivity contribution < 1.29 is 4.74 Å². The molecule has 2 atom stereocenters. The van der Waals surface area contributed by atoms with Gasteiger partial charge in [-0.3, -0.25) is 4.68 Å². The molecule has 2 fully saturated rings. The lowest BCUT2D eigenvalue weighted by Crippen LogP contribution is -2.41. The van der Waals surface area contributed by atoms with Crippen LogP contribution in [0.2, 0.25) is 0 Å². The number of pyridine rings is 1. The lowest BCUT2D eigenvalue weighted by Gasteiger charge is -2.30. The highest BCUT2D eigenvalue weighted by Gasteiger charge is 2.47. The molecule has 23 heavy (non-hydrogen) atoms. The normalized spacial score (nSPS) is 26.2. The molecule has 2 aliphatic rings. The molecule has 4 rings (SSSR count). The van der Waals surface area contributed by atoms with Gasteiger partial charge >= 0.3 is 0 Å². The Morgan fingerprint density at radius 3 is 2.96 bits per heavy atom. The van der Waals surface area contributed by atoms with E-state index < -0.39 is 5.41 Å². The molecule has 0 bridgehead atoms. The number of aryl methyl sites for hydroxylation is 1. The number of ether oxygens (including phenoxy) is 1. The lowest BCUT2D eigenvalue weighted by molar-refractivity contribution is -0.00268. The second kappa shape index (κ2) is 5.26. The van der Waals surface area contributed by atoms with Crippen molar-refractivity contribution in [3.63, 3.8) is 0 Å². The molecule has 2 aromatic heterocycles. The fourth-order valence-electron chi connectivity index (χ4n) is 3.40. The molecule has 1 saturated heterocycles. The number of hydrogen-bond acceptors (Lipinski definition) is 5. The first-order valence-corrected chi connectivity index (χ1v) is 8.65. The molecule has 1 saturated carbocycles. The zero-order valence-electron chi connectivity index (χ0n) is 13.1. The van der Waals surface area contributed by atoms with Crippen LogP contribution in [0.4, 0.5) is 0 Å². The van der Waals surface area contributed by atoms with Crippen LogP contribution in [-0.2, 0) is 17.2 Å². The van der Waals surface area contributed by atoms with Crippen molar-refractivity contribution in [3.05, 3.63) is 21.9 Å². The first kappa shape index (κ1) is 15.1. The molecule has 0 spiro atoms. The largest absolute Gasteiger partial charge is 0.369 e. The molecule has 1 unspecified atom stereocenters. The SMILES string of the molecule is CC1NCCO[C@H]1c1cc(C2(C#N)CC2)c2c(n1)c(Br)nn2C. The summed E-state index contributed by atoms with van der Waals surface area (Å²) in [4.78, 5) is 4.80. The Balaban J connectivity index is 1.94. The van der Waals surface area contributed by atoms with Crippen molar-refractivity contribution in [2.75, 3.05) is 13.2 Å². The predicted molar refractivity (Wildman–Crippen MR) is 88.9 cm³/mol. The van der Waals surface area contributed by atoms with Crippen molar-refractivity contribution in [1.29, 1.82) is 5.26 Å². The Morgan fingerprint density at radius 1 is 1.52 bits per heavy atom. The summed E-state index contributed by atoms with van der Waals surface area (Å²) < 4.78 is 8.47. The molecule has 0 amide bonds. The van der Waals surface area contributed by atoms with Gasteiger partial charge in [0.1, 0.15) is 11.6 Å². The fraction of sp³-hybridized carbons (Fsp3) is 0.562. The number of aromatic nitrogens is 3. The van der Waals surface area contributed by atoms with Gasteiger partial charge in [-0.05, 0) is 41.8 Å². The molecule has 2 aromatic rings. The van der Waals surface area contributed by atoms with Crippen LogP contribution in [0.15, 0.2) is 10.7 Å². The summed E-state index contributed by atoms with van der Waals surface area (Å²) in [7, 11) is 1.90. The van der Waals surface area contributed by atoms with Gasteiger partial charge in [-0.1, -0.05) is 0 Å². The molecule has 120 valence electrons. The molecule has 3 heterocycles. The topological polar surface area (TPSA) is 75.8 Å². The van der Waals surface area contributed by atoms with E-state index in [1.807, 2.05) is 11.7 Å². The molecular formula is C16H18BrN5O. The van der Waals surface area contributed by atoms with Crippen molar-refractivity contribution in [3.8, 4) is 6.07 Å². The highest BCUT2D eigenvalue weighted by Crippen LogP contribution is 2.50. The number of rotatable bonds is 2. The number of nitrogens with zero attached hydrogens (tertiary/aromatic N) is 4. The molecule has 6 nitrogen and oxygen atoms in total. The Hall–Kier alpha value is -1.49. The van der Waals surface area contributed by atoms with Crippen LogP contribution in [0.5, 0.6) is 0 Å². The molecule has 0 radical (unpaired) electrons. The van der Waals surface area contributed by atoms with Gasteiger partial charge < -0.3 is 10.1 Å². The molecule has 1 N–H and O–H groups in total. The van der Waals surface area contributed by atoms with Crippen molar-refractivity contribution in [2.24, 2.45) is 7.05 Å². The van der Waals surface area contributed by atoms with E-state index in [2.05, 4.69) is 45.4 Å². The summed E-state index contributed by atoms with van der Waals surface area (Å²) in [6.07, 6.45) is 1.68. The molecule has 1 aliphatic heterocycles. The maximum absolute atomic E-state index is 9.66. The van der Waals surface area contributed by atoms with Gasteiger partial charge in [0.05, 0.1) is 29.3 Å². The van der Waals surface area contributed by atoms with Gasteiger partial charge in [0.15, 0.2) is 4.60 Å². The number of nitrogens with one attached hydrogen (secondary N) is 1. The Bertz CT molecular complexity index is 820. The summed E-state index contributed by atoms with van der Waals surface area (Å²) in [5, 5.41) is 17.5. The predicted octanol–water partition coefficient (Wildman–Crippen LogP) is 2.34. The van der Waals surface area contributed by atoms with Crippen molar-refractivity contribution in [1.82, 2.24) is 20.1 Å². The third-order valence-electron chi connectivity index (χ3n) is 4.86. The average Bonchev–Trinajstić information content (AvgIpc) is 3.29. The third-order valence-corrected chi connectivity index (χ3v) is 5.39. The lowest BCUT2D eigenvalue weighted by atomic mass is 9.94. The number of hydrogen-bond donors (Lipinski definition) is 1. The summed E-state index contributed by atoms with van der Waals surface area (Å²) in [6.45, 7) is 3.62. The average molecular weight is 376 g/mol. The molecule has 0 aromatic carbocycles. The molecule has 7 heteroatoms. The van der Waals surface area contributed by atoms with Gasteiger partial charge in [0.25, 0.3) is 0 Å². The van der Waals surface area contributed by atoms with Gasteiger partial charge in [0, 0.05) is 25.2 Å². The van der Waals surface area contributed by atoms with Crippen LogP contribution in [0.1, 0.15) is 37.1 Å². The van der Waals surface area contributed by atoms with Gasteiger partial charge in [-0.25, -0.2) is 4.98 Å². The van der Waals surface area contributed by atoms with E-state index in [9.17, 15) is 5.26 Å². The number of halogens is 1. The molecular weight excluding hydrogens is 358 g/mol. The van der Waals surface area contributed by atoms with Crippen LogP contribution >= 0.6 is 15.9 Å². The number of fused-ring (bicyclic) bond motifs is 1. The minimum absolute atomic E-state index is 0.103. The van der Waals surface area contributed by atoms with E-state index in [-0.39, 0.29) is 12.1 Å². The van der Waals surface area contributed by atoms with E-state index in [0.29, 0.717) is 11.2 Å². The number of morpholine rings is 1. The minimum Gasteiger partial charge on any atom is -0.369 e. The highest BCUT2D eigenvalue weighted by molar-refractivity contribution is 9.10. The Kier molecular flexibility index (Phi) is 3.45. The van der Waals surface area contributed by atoms with E-state index in [4.69, 9.17) is 9.72 Å². The fourth-order valence-corrected chi connectivity index (χ4v) is 3.92. The van der Waals surface area contributed by atoms with Crippen LogP contribution in [0.25, 0.3) is 11.0 Å². The number of nitriles is 1. The van der Waals surface area contributed by atoms with Crippen LogP contribution in [0, 0.1) is 11.3 Å². The third kappa shape index (κ3) is 2.28. The maximum atomic E-state index is 9.66. The Labute approximate surface area is 143 Å². The van der Waals surface area contributed by atoms with Gasteiger partial charge in [-0.2, -0.15) is 10.4 Å². The highest BCUT2D eigenvalue weighted by atomic mass is 79.9. The van der Waals surface area contributed by atoms with Gasteiger partial charge in [-0.15, -0.1) is 0 Å². The van der Waals surface area contributed by atoms with E-state index in [0.717, 1.165) is 41.7 Å². The first-order chi connectivity index (χ1) is 11.1. The quantitative estimate of drug-likeness (QED) is 0.871. The monoisotopic (exact) mass is 375 g/mol. The van der Waals surface area contributed by atoms with Crippen molar-refractivity contribution in [2.45, 2.75) is 37.3 Å². The van der Waals surface area contributed by atoms with Crippen LogP contribution < -0.4 is 5.32 Å². The summed E-state index contributed by atoms with van der Waals surface area (Å²) in [6, 6.07) is 4.74. The van der Waals surface area contributed by atoms with E-state index in [1.54, 1.807) is 0 Å². The van der Waals surface area contributed by atoms with E-state index in [1.165, 1.54) is 0 Å². The zero-order chi connectivity index (χ0) is 16.2. The Morgan fingerprint density at radius 2 is 2.30 bits per heavy atom. The standard InChI is InChI=1S/C16H18BrN5O/c1-9-14(23-6-5-19-9)11-7-10(16(8-18)3-4-16)13-12(20-11)15(17)21-22(13)2/h7,9,14,19H,3-6H2,1-2H3/t9?,14-/m1/s1. The molecule has 1 aliphatic carbocycles. The summed E-state index contributed by atoms with van der Waals surface area (Å²) in [5.41, 5.74) is 3.26. The first-order valence-electron chi connectivity index (χ1n) is 7.85. The second-order valence-electron chi connectivity index (χ2n) is 6.43. The van der Waals surface area contributed by atoms with E-state index >= 15 is 0 Å². The maximum Gasteiger partial charge on any atom is 0.154 e. The van der Waals surface area contributed by atoms with Crippen LogP contribution in [0.3, 0.4) is 0 Å². The van der Waals surface area contributed by atoms with Gasteiger partial charge in [0.2, 0.25) is 0 Å². The second-order valence-corrected chi connectivity index (χ2v) is 7.19. The zero-order valence-corrected chi connectivity index (χ0v) is 14.7.